The number of nitrogens with one attached hydrogen (secondary N) is 2. The molecule has 4 N–H and O–H groups in total. The van der Waals surface area contributed by atoms with E-state index >= 15 is 0 Å². The molecule has 1 heterocycles. The van der Waals surface area contributed by atoms with E-state index in [-0.39, 0.29) is 11.6 Å². The summed E-state index contributed by atoms with van der Waals surface area (Å²) in [5, 5.41) is 3.05. The first-order chi connectivity index (χ1) is 7.11. The van der Waals surface area contributed by atoms with E-state index < -0.39 is 0 Å². The minimum atomic E-state index is -0.144. The smallest absolute Gasteiger partial charge is 0.252 e. The number of nitrogens with zero attached hydrogens (tertiary/aromatic N) is 1. The monoisotopic (exact) mass is 210 g/mol. The maximum atomic E-state index is 11.1. The van der Waals surface area contributed by atoms with Crippen molar-refractivity contribution < 1.29 is 0 Å². The van der Waals surface area contributed by atoms with Crippen LogP contribution in [-0.4, -0.2) is 22.6 Å². The van der Waals surface area contributed by atoms with Gasteiger partial charge in [-0.3, -0.25) is 4.79 Å². The van der Waals surface area contributed by atoms with E-state index in [0.29, 0.717) is 18.2 Å². The first-order valence-corrected chi connectivity index (χ1v) is 5.19. The van der Waals surface area contributed by atoms with Gasteiger partial charge < -0.3 is 16.0 Å². The summed E-state index contributed by atoms with van der Waals surface area (Å²) in [6.07, 6.45) is 2.03. The van der Waals surface area contributed by atoms with Gasteiger partial charge in [0.05, 0.1) is 0 Å². The highest BCUT2D eigenvalue weighted by molar-refractivity contribution is 5.32. The van der Waals surface area contributed by atoms with Crippen LogP contribution < -0.4 is 16.6 Å². The zero-order valence-corrected chi connectivity index (χ0v) is 9.21. The van der Waals surface area contributed by atoms with Crippen molar-refractivity contribution in [3.8, 4) is 0 Å². The van der Waals surface area contributed by atoms with Gasteiger partial charge in [-0.05, 0) is 13.3 Å². The fraction of sp³-hybridized carbons (Fsp3) is 0.600. The van der Waals surface area contributed by atoms with Crippen LogP contribution in [0.2, 0.25) is 0 Å². The number of rotatable bonds is 5. The molecule has 0 amide bonds. The van der Waals surface area contributed by atoms with Crippen LogP contribution in [0.1, 0.15) is 25.6 Å². The molecule has 1 rings (SSSR count). The lowest BCUT2D eigenvalue weighted by atomic mass is 10.2. The normalized spacial score (nSPS) is 12.5. The summed E-state index contributed by atoms with van der Waals surface area (Å²) in [7, 11) is 0. The van der Waals surface area contributed by atoms with Gasteiger partial charge in [-0.2, -0.15) is 0 Å². The van der Waals surface area contributed by atoms with Crippen LogP contribution in [-0.2, 0) is 0 Å². The molecule has 84 valence electrons. The van der Waals surface area contributed by atoms with E-state index in [1.807, 2.05) is 0 Å². The third kappa shape index (κ3) is 4.12. The number of aryl methyl sites for hydroxylation is 1. The molecule has 0 fully saturated rings. The molecule has 0 spiro atoms. The zero-order valence-electron chi connectivity index (χ0n) is 9.21. The molecule has 1 aromatic rings. The highest BCUT2D eigenvalue weighted by Crippen LogP contribution is 1.99. The number of nitrogens with two attached hydrogens (primary N) is 1. The van der Waals surface area contributed by atoms with Gasteiger partial charge in [0.25, 0.3) is 5.56 Å². The lowest BCUT2D eigenvalue weighted by Gasteiger charge is -2.11. The van der Waals surface area contributed by atoms with Crippen molar-refractivity contribution >= 4 is 5.82 Å². The van der Waals surface area contributed by atoms with E-state index in [1.165, 1.54) is 6.07 Å². The van der Waals surface area contributed by atoms with Gasteiger partial charge in [0.2, 0.25) is 0 Å². The van der Waals surface area contributed by atoms with Crippen molar-refractivity contribution in [3.05, 3.63) is 22.2 Å². The third-order valence-electron chi connectivity index (χ3n) is 2.06. The SMILES string of the molecule is CCCC(N)CNc1cc(=O)[nH]c(C)n1. The van der Waals surface area contributed by atoms with Gasteiger partial charge in [-0.1, -0.05) is 13.3 Å². The van der Waals surface area contributed by atoms with Crippen molar-refractivity contribution in [2.24, 2.45) is 5.73 Å². The van der Waals surface area contributed by atoms with Crippen molar-refractivity contribution in [1.82, 2.24) is 9.97 Å². The van der Waals surface area contributed by atoms with E-state index in [9.17, 15) is 4.79 Å². The fourth-order valence-corrected chi connectivity index (χ4v) is 1.38. The van der Waals surface area contributed by atoms with E-state index in [0.717, 1.165) is 12.8 Å². The summed E-state index contributed by atoms with van der Waals surface area (Å²) in [6, 6.07) is 1.54. The molecule has 0 bridgehead atoms. The Morgan fingerprint density at radius 2 is 2.40 bits per heavy atom. The highest BCUT2D eigenvalue weighted by Gasteiger charge is 2.02. The molecule has 0 aliphatic carbocycles. The van der Waals surface area contributed by atoms with Crippen LogP contribution in [0.4, 0.5) is 5.82 Å². The number of anilines is 1. The van der Waals surface area contributed by atoms with Crippen LogP contribution in [0.5, 0.6) is 0 Å². The predicted molar refractivity (Wildman–Crippen MR) is 61.0 cm³/mol. The van der Waals surface area contributed by atoms with Gasteiger partial charge >= 0.3 is 0 Å². The van der Waals surface area contributed by atoms with Gasteiger partial charge in [0.1, 0.15) is 11.6 Å². The molecule has 0 aliphatic rings. The average Bonchev–Trinajstić information content (AvgIpc) is 2.14. The third-order valence-corrected chi connectivity index (χ3v) is 2.06. The molecular formula is C10H18N4O. The van der Waals surface area contributed by atoms with Crippen LogP contribution in [0.25, 0.3) is 0 Å². The first-order valence-electron chi connectivity index (χ1n) is 5.19. The number of aromatic amines is 1. The highest BCUT2D eigenvalue weighted by atomic mass is 16.1. The number of H-pyrrole nitrogens is 1. The Labute approximate surface area is 89.1 Å². The minimum absolute atomic E-state index is 0.108. The van der Waals surface area contributed by atoms with E-state index in [4.69, 9.17) is 5.73 Å². The molecule has 15 heavy (non-hydrogen) atoms. The van der Waals surface area contributed by atoms with Crippen LogP contribution in [0.15, 0.2) is 10.9 Å². The van der Waals surface area contributed by atoms with Crippen LogP contribution >= 0.6 is 0 Å². The molecule has 5 heteroatoms. The van der Waals surface area contributed by atoms with Crippen molar-refractivity contribution in [1.29, 1.82) is 0 Å². The molecule has 0 radical (unpaired) electrons. The fourth-order valence-electron chi connectivity index (χ4n) is 1.38. The average molecular weight is 210 g/mol. The molecule has 1 atom stereocenters. The van der Waals surface area contributed by atoms with Gasteiger partial charge in [0, 0.05) is 18.7 Å². The van der Waals surface area contributed by atoms with Gasteiger partial charge in [0.15, 0.2) is 0 Å². The topological polar surface area (TPSA) is 83.8 Å². The standard InChI is InChI=1S/C10H18N4O/c1-3-4-8(11)6-12-9-5-10(15)14-7(2)13-9/h5,8H,3-4,6,11H2,1-2H3,(H2,12,13,14,15). The molecule has 0 saturated carbocycles. The molecule has 1 unspecified atom stereocenters. The maximum absolute atomic E-state index is 11.1. The number of aromatic nitrogens is 2. The quantitative estimate of drug-likeness (QED) is 0.665. The summed E-state index contributed by atoms with van der Waals surface area (Å²) < 4.78 is 0. The van der Waals surface area contributed by atoms with Crippen molar-refractivity contribution in [3.63, 3.8) is 0 Å². The molecule has 0 aliphatic heterocycles. The Morgan fingerprint density at radius 3 is 3.00 bits per heavy atom. The second-order valence-electron chi connectivity index (χ2n) is 3.65. The second kappa shape index (κ2) is 5.50. The summed E-state index contributed by atoms with van der Waals surface area (Å²) in [5.41, 5.74) is 5.69. The maximum Gasteiger partial charge on any atom is 0.252 e. The zero-order chi connectivity index (χ0) is 11.3. The van der Waals surface area contributed by atoms with Crippen molar-refractivity contribution in [2.45, 2.75) is 32.7 Å². The molecular weight excluding hydrogens is 192 g/mol. The summed E-state index contributed by atoms with van der Waals surface area (Å²) in [4.78, 5) is 17.8. The lowest BCUT2D eigenvalue weighted by molar-refractivity contribution is 0.626. The van der Waals surface area contributed by atoms with E-state index in [2.05, 4.69) is 22.2 Å². The molecule has 0 aromatic carbocycles. The second-order valence-corrected chi connectivity index (χ2v) is 3.65. The Balaban J connectivity index is 2.54. The number of hydrogen-bond acceptors (Lipinski definition) is 4. The largest absolute Gasteiger partial charge is 0.368 e. The Bertz CT molecular complexity index is 361. The number of hydrogen-bond donors (Lipinski definition) is 3. The Kier molecular flexibility index (Phi) is 4.30. The summed E-state index contributed by atoms with van der Waals surface area (Å²) in [5.74, 6) is 1.19. The lowest BCUT2D eigenvalue weighted by Crippen LogP contribution is -2.29. The van der Waals surface area contributed by atoms with Crippen LogP contribution in [0, 0.1) is 6.92 Å². The molecule has 0 saturated heterocycles. The van der Waals surface area contributed by atoms with Gasteiger partial charge in [-0.25, -0.2) is 4.98 Å². The first kappa shape index (κ1) is 11.7. The Morgan fingerprint density at radius 1 is 1.67 bits per heavy atom. The van der Waals surface area contributed by atoms with Gasteiger partial charge in [-0.15, -0.1) is 0 Å². The van der Waals surface area contributed by atoms with Crippen LogP contribution in [0.3, 0.4) is 0 Å². The minimum Gasteiger partial charge on any atom is -0.368 e. The van der Waals surface area contributed by atoms with E-state index in [1.54, 1.807) is 6.92 Å². The molecule has 1 aromatic heterocycles. The summed E-state index contributed by atoms with van der Waals surface area (Å²) in [6.45, 7) is 4.48. The Hall–Kier alpha value is -1.36. The van der Waals surface area contributed by atoms with Crippen molar-refractivity contribution in [2.75, 3.05) is 11.9 Å². The predicted octanol–water partition coefficient (Wildman–Crippen LogP) is 0.618. The summed E-state index contributed by atoms with van der Waals surface area (Å²) >= 11 is 0. The molecule has 5 nitrogen and oxygen atoms in total.